The maximum Gasteiger partial charge on any atom is 0.251 e. The van der Waals surface area contributed by atoms with E-state index in [-0.39, 0.29) is 12.0 Å². The summed E-state index contributed by atoms with van der Waals surface area (Å²) in [6, 6.07) is 0. The molecule has 0 aromatic carbocycles. The van der Waals surface area contributed by atoms with E-state index < -0.39 is 0 Å². The lowest BCUT2D eigenvalue weighted by molar-refractivity contribution is -0.140. The lowest BCUT2D eigenvalue weighted by Crippen LogP contribution is -2.39. The number of methoxy groups -OCH3 is 1. The fourth-order valence-electron chi connectivity index (χ4n) is 1.36. The minimum atomic E-state index is -0.329. The Morgan fingerprint density at radius 1 is 1.33 bits per heavy atom. The molecule has 0 radical (unpaired) electrons. The van der Waals surface area contributed by atoms with Gasteiger partial charge in [0.15, 0.2) is 0 Å². The summed E-state index contributed by atoms with van der Waals surface area (Å²) >= 11 is 0. The molecule has 15 heavy (non-hydrogen) atoms. The Morgan fingerprint density at radius 3 is 2.33 bits per heavy atom. The summed E-state index contributed by atoms with van der Waals surface area (Å²) in [5.74, 6) is 0.0822. The Kier molecular flexibility index (Phi) is 7.34. The van der Waals surface area contributed by atoms with Gasteiger partial charge >= 0.3 is 0 Å². The summed E-state index contributed by atoms with van der Waals surface area (Å²) in [7, 11) is 5.64. The third kappa shape index (κ3) is 5.74. The Morgan fingerprint density at radius 2 is 1.93 bits per heavy atom. The van der Waals surface area contributed by atoms with Crippen molar-refractivity contribution in [2.75, 3.05) is 40.8 Å². The Balaban J connectivity index is 3.96. The number of nitrogens with zero attached hydrogens (tertiary/aromatic N) is 2. The smallest absolute Gasteiger partial charge is 0.251 e. The molecular formula is C11H24N2O2. The molecule has 0 fully saturated rings. The van der Waals surface area contributed by atoms with Crippen molar-refractivity contribution in [3.05, 3.63) is 0 Å². The van der Waals surface area contributed by atoms with Gasteiger partial charge in [-0.05, 0) is 40.9 Å². The molecule has 0 aliphatic rings. The van der Waals surface area contributed by atoms with Gasteiger partial charge in [-0.2, -0.15) is 0 Å². The number of hydrogen-bond donors (Lipinski definition) is 0. The van der Waals surface area contributed by atoms with E-state index in [0.717, 1.165) is 26.1 Å². The van der Waals surface area contributed by atoms with Crippen LogP contribution in [0.5, 0.6) is 0 Å². The lowest BCUT2D eigenvalue weighted by Gasteiger charge is -2.24. The number of amides is 1. The zero-order valence-corrected chi connectivity index (χ0v) is 10.6. The van der Waals surface area contributed by atoms with Gasteiger partial charge in [-0.1, -0.05) is 0 Å². The van der Waals surface area contributed by atoms with Crippen molar-refractivity contribution in [1.29, 1.82) is 0 Å². The van der Waals surface area contributed by atoms with E-state index in [1.807, 2.05) is 25.9 Å². The fraction of sp³-hybridized carbons (Fsp3) is 0.909. The number of likely N-dealkylation sites (N-methyl/N-ethyl adjacent to an activating group) is 1. The first kappa shape index (κ1) is 14.4. The van der Waals surface area contributed by atoms with Crippen molar-refractivity contribution in [2.45, 2.75) is 26.4 Å². The van der Waals surface area contributed by atoms with E-state index in [2.05, 4.69) is 4.90 Å². The first-order valence-corrected chi connectivity index (χ1v) is 5.49. The molecule has 1 amide bonds. The van der Waals surface area contributed by atoms with Gasteiger partial charge in [-0.15, -0.1) is 0 Å². The largest absolute Gasteiger partial charge is 0.372 e. The molecule has 0 aromatic rings. The molecular weight excluding hydrogens is 192 g/mol. The van der Waals surface area contributed by atoms with E-state index in [9.17, 15) is 4.79 Å². The maximum absolute atomic E-state index is 11.8. The third-order valence-corrected chi connectivity index (χ3v) is 2.43. The van der Waals surface area contributed by atoms with Gasteiger partial charge in [-0.25, -0.2) is 0 Å². The highest BCUT2D eigenvalue weighted by molar-refractivity contribution is 5.80. The molecule has 0 aliphatic carbocycles. The summed E-state index contributed by atoms with van der Waals surface area (Å²) in [4.78, 5) is 15.7. The van der Waals surface area contributed by atoms with Gasteiger partial charge in [0.2, 0.25) is 0 Å². The molecule has 1 unspecified atom stereocenters. The van der Waals surface area contributed by atoms with Gasteiger partial charge in [0.1, 0.15) is 6.10 Å². The van der Waals surface area contributed by atoms with Gasteiger partial charge < -0.3 is 14.5 Å². The van der Waals surface area contributed by atoms with E-state index in [1.54, 1.807) is 14.0 Å². The van der Waals surface area contributed by atoms with E-state index in [0.29, 0.717) is 0 Å². The van der Waals surface area contributed by atoms with Gasteiger partial charge in [0, 0.05) is 20.2 Å². The van der Waals surface area contributed by atoms with Crippen LogP contribution in [0.15, 0.2) is 0 Å². The fourth-order valence-corrected chi connectivity index (χ4v) is 1.36. The molecule has 90 valence electrons. The molecule has 0 spiro atoms. The molecule has 0 saturated carbocycles. The van der Waals surface area contributed by atoms with Crippen LogP contribution < -0.4 is 0 Å². The third-order valence-electron chi connectivity index (χ3n) is 2.43. The van der Waals surface area contributed by atoms with Crippen LogP contribution in [0.4, 0.5) is 0 Å². The highest BCUT2D eigenvalue weighted by atomic mass is 16.5. The van der Waals surface area contributed by atoms with Crippen LogP contribution in [-0.4, -0.2) is 62.7 Å². The van der Waals surface area contributed by atoms with Crippen molar-refractivity contribution in [2.24, 2.45) is 0 Å². The standard InChI is InChI=1S/C11H24N2O2/c1-6-13(9-7-8-12(3)4)11(14)10(2)15-5/h10H,6-9H2,1-5H3. The first-order valence-electron chi connectivity index (χ1n) is 5.49. The van der Waals surface area contributed by atoms with E-state index in [1.165, 1.54) is 0 Å². The van der Waals surface area contributed by atoms with Crippen LogP contribution in [0.2, 0.25) is 0 Å². The molecule has 4 heteroatoms. The minimum Gasteiger partial charge on any atom is -0.372 e. The topological polar surface area (TPSA) is 32.8 Å². The normalized spacial score (nSPS) is 12.9. The summed E-state index contributed by atoms with van der Waals surface area (Å²) < 4.78 is 5.02. The highest BCUT2D eigenvalue weighted by Crippen LogP contribution is 2.00. The molecule has 0 heterocycles. The highest BCUT2D eigenvalue weighted by Gasteiger charge is 2.17. The van der Waals surface area contributed by atoms with Crippen LogP contribution in [0.1, 0.15) is 20.3 Å². The molecule has 0 bridgehead atoms. The van der Waals surface area contributed by atoms with Crippen molar-refractivity contribution < 1.29 is 9.53 Å². The number of hydrogen-bond acceptors (Lipinski definition) is 3. The molecule has 1 atom stereocenters. The van der Waals surface area contributed by atoms with E-state index >= 15 is 0 Å². The summed E-state index contributed by atoms with van der Waals surface area (Å²) in [6.45, 7) is 6.35. The molecule has 0 N–H and O–H groups in total. The van der Waals surface area contributed by atoms with Gasteiger partial charge in [-0.3, -0.25) is 4.79 Å². The Bertz CT molecular complexity index is 183. The van der Waals surface area contributed by atoms with Crippen molar-refractivity contribution >= 4 is 5.91 Å². The quantitative estimate of drug-likeness (QED) is 0.631. The van der Waals surface area contributed by atoms with Crippen LogP contribution in [0.3, 0.4) is 0 Å². The predicted octanol–water partition coefficient (Wildman–Crippen LogP) is 0.821. The second kappa shape index (κ2) is 7.65. The number of carbonyl (C=O) groups excluding carboxylic acids is 1. The van der Waals surface area contributed by atoms with Gasteiger partial charge in [0.25, 0.3) is 5.91 Å². The van der Waals surface area contributed by atoms with Crippen molar-refractivity contribution in [3.8, 4) is 0 Å². The zero-order valence-electron chi connectivity index (χ0n) is 10.6. The van der Waals surface area contributed by atoms with Crippen LogP contribution in [0.25, 0.3) is 0 Å². The van der Waals surface area contributed by atoms with Crippen LogP contribution in [-0.2, 0) is 9.53 Å². The molecule has 4 nitrogen and oxygen atoms in total. The average molecular weight is 216 g/mol. The number of ether oxygens (including phenoxy) is 1. The second-order valence-corrected chi connectivity index (χ2v) is 3.95. The first-order chi connectivity index (χ1) is 7.02. The van der Waals surface area contributed by atoms with Crippen molar-refractivity contribution in [3.63, 3.8) is 0 Å². The second-order valence-electron chi connectivity index (χ2n) is 3.95. The van der Waals surface area contributed by atoms with Crippen LogP contribution >= 0.6 is 0 Å². The molecule has 0 aromatic heterocycles. The van der Waals surface area contributed by atoms with E-state index in [4.69, 9.17) is 4.74 Å². The predicted molar refractivity (Wildman–Crippen MR) is 61.9 cm³/mol. The molecule has 0 saturated heterocycles. The molecule has 0 rings (SSSR count). The zero-order chi connectivity index (χ0) is 11.8. The molecule has 0 aliphatic heterocycles. The monoisotopic (exact) mass is 216 g/mol. The Hall–Kier alpha value is -0.610. The summed E-state index contributed by atoms with van der Waals surface area (Å²) in [5.41, 5.74) is 0. The minimum absolute atomic E-state index is 0.0822. The summed E-state index contributed by atoms with van der Waals surface area (Å²) in [6.07, 6.45) is 0.674. The van der Waals surface area contributed by atoms with Crippen molar-refractivity contribution in [1.82, 2.24) is 9.80 Å². The lowest BCUT2D eigenvalue weighted by atomic mass is 10.3. The number of rotatable bonds is 7. The van der Waals surface area contributed by atoms with Gasteiger partial charge in [0.05, 0.1) is 0 Å². The SMILES string of the molecule is CCN(CCCN(C)C)C(=O)C(C)OC. The summed E-state index contributed by atoms with van der Waals surface area (Å²) in [5, 5.41) is 0. The average Bonchev–Trinajstić information content (AvgIpc) is 2.22. The Labute approximate surface area is 93.2 Å². The maximum atomic E-state index is 11.8. The number of carbonyl (C=O) groups is 1. The van der Waals surface area contributed by atoms with Crippen LogP contribution in [0, 0.1) is 0 Å².